The Morgan fingerprint density at radius 1 is 1.04 bits per heavy atom. The van der Waals surface area contributed by atoms with Gasteiger partial charge in [-0.05, 0) is 49.7 Å². The number of halogens is 3. The molecule has 1 unspecified atom stereocenters. The third-order valence-electron chi connectivity index (χ3n) is 3.62. The Hall–Kier alpha value is -2.14. The standard InChI is InChI=1S/C19H19ClF2O3/c1-3-17(18(23)24-4-2)25-16-11-7-14(8-12-16)19(21,22)13-5-9-15(20)10-6-13/h5-12,17H,3-4H2,1-2H3. The van der Waals surface area contributed by atoms with E-state index in [0.29, 0.717) is 17.2 Å². The van der Waals surface area contributed by atoms with Gasteiger partial charge >= 0.3 is 5.97 Å². The minimum Gasteiger partial charge on any atom is -0.479 e. The zero-order valence-electron chi connectivity index (χ0n) is 14.0. The zero-order chi connectivity index (χ0) is 18.4. The Balaban J connectivity index is 2.15. The van der Waals surface area contributed by atoms with E-state index >= 15 is 0 Å². The van der Waals surface area contributed by atoms with Crippen LogP contribution in [0.1, 0.15) is 31.4 Å². The average molecular weight is 369 g/mol. The lowest BCUT2D eigenvalue weighted by Crippen LogP contribution is -2.28. The molecule has 0 fully saturated rings. The summed E-state index contributed by atoms with van der Waals surface area (Å²) in [6.45, 7) is 3.74. The monoisotopic (exact) mass is 368 g/mol. The van der Waals surface area contributed by atoms with Crippen LogP contribution in [-0.4, -0.2) is 18.7 Å². The van der Waals surface area contributed by atoms with E-state index < -0.39 is 18.0 Å². The molecule has 0 saturated heterocycles. The molecule has 2 aromatic rings. The van der Waals surface area contributed by atoms with Crippen LogP contribution in [0.5, 0.6) is 5.75 Å². The highest BCUT2D eigenvalue weighted by atomic mass is 35.5. The maximum atomic E-state index is 14.6. The van der Waals surface area contributed by atoms with Crippen LogP contribution in [-0.2, 0) is 15.5 Å². The van der Waals surface area contributed by atoms with Gasteiger partial charge in [0.05, 0.1) is 6.61 Å². The van der Waals surface area contributed by atoms with E-state index in [0.717, 1.165) is 0 Å². The molecule has 2 aromatic carbocycles. The highest BCUT2D eigenvalue weighted by molar-refractivity contribution is 6.30. The lowest BCUT2D eigenvalue weighted by molar-refractivity contribution is -0.151. The molecule has 0 radical (unpaired) electrons. The van der Waals surface area contributed by atoms with Crippen molar-refractivity contribution in [1.29, 1.82) is 0 Å². The summed E-state index contributed by atoms with van der Waals surface area (Å²) in [6, 6.07) is 10.8. The minimum absolute atomic E-state index is 0.150. The van der Waals surface area contributed by atoms with Gasteiger partial charge in [-0.3, -0.25) is 0 Å². The van der Waals surface area contributed by atoms with Gasteiger partial charge in [0.15, 0.2) is 6.10 Å². The summed E-state index contributed by atoms with van der Waals surface area (Å²) in [7, 11) is 0. The Morgan fingerprint density at radius 3 is 2.04 bits per heavy atom. The van der Waals surface area contributed by atoms with Crippen molar-refractivity contribution in [2.75, 3.05) is 6.61 Å². The maximum absolute atomic E-state index is 14.6. The van der Waals surface area contributed by atoms with Gasteiger partial charge in [-0.1, -0.05) is 30.7 Å². The second-order valence-corrected chi connectivity index (χ2v) is 5.81. The summed E-state index contributed by atoms with van der Waals surface area (Å²) < 4.78 is 39.5. The smallest absolute Gasteiger partial charge is 0.347 e. The van der Waals surface area contributed by atoms with Crippen molar-refractivity contribution in [2.24, 2.45) is 0 Å². The highest BCUT2D eigenvalue weighted by Crippen LogP contribution is 2.36. The normalized spacial score (nSPS) is 12.5. The number of esters is 1. The van der Waals surface area contributed by atoms with Crippen molar-refractivity contribution in [3.05, 3.63) is 64.7 Å². The van der Waals surface area contributed by atoms with E-state index in [1.54, 1.807) is 13.8 Å². The molecule has 1 atom stereocenters. The van der Waals surface area contributed by atoms with Gasteiger partial charge in [0.2, 0.25) is 0 Å². The molecule has 0 aliphatic heterocycles. The molecule has 0 aromatic heterocycles. The van der Waals surface area contributed by atoms with E-state index in [1.165, 1.54) is 48.5 Å². The van der Waals surface area contributed by atoms with Gasteiger partial charge < -0.3 is 9.47 Å². The Morgan fingerprint density at radius 2 is 1.56 bits per heavy atom. The van der Waals surface area contributed by atoms with Crippen molar-refractivity contribution < 1.29 is 23.0 Å². The Labute approximate surface area is 150 Å². The van der Waals surface area contributed by atoms with Crippen LogP contribution in [0, 0.1) is 0 Å². The number of carbonyl (C=O) groups excluding carboxylic acids is 1. The molecule has 6 heteroatoms. The fourth-order valence-corrected chi connectivity index (χ4v) is 2.39. The number of hydrogen-bond acceptors (Lipinski definition) is 3. The molecule has 0 saturated carbocycles. The third kappa shape index (κ3) is 4.69. The predicted octanol–water partition coefficient (Wildman–Crippen LogP) is 5.20. The van der Waals surface area contributed by atoms with Crippen LogP contribution in [0.25, 0.3) is 0 Å². The molecular weight excluding hydrogens is 350 g/mol. The quantitative estimate of drug-likeness (QED) is 0.630. The van der Waals surface area contributed by atoms with E-state index in [-0.39, 0.29) is 17.7 Å². The number of benzene rings is 2. The molecule has 0 spiro atoms. The van der Waals surface area contributed by atoms with Crippen molar-refractivity contribution in [1.82, 2.24) is 0 Å². The number of ether oxygens (including phenoxy) is 2. The van der Waals surface area contributed by atoms with Gasteiger partial charge in [-0.2, -0.15) is 8.78 Å². The maximum Gasteiger partial charge on any atom is 0.347 e. The van der Waals surface area contributed by atoms with Crippen LogP contribution in [0.2, 0.25) is 5.02 Å². The third-order valence-corrected chi connectivity index (χ3v) is 3.87. The molecule has 0 N–H and O–H groups in total. The molecule has 3 nitrogen and oxygen atoms in total. The van der Waals surface area contributed by atoms with Crippen LogP contribution in [0.15, 0.2) is 48.5 Å². The number of carbonyl (C=O) groups is 1. The van der Waals surface area contributed by atoms with Crippen LogP contribution in [0.3, 0.4) is 0 Å². The molecule has 0 bridgehead atoms. The summed E-state index contributed by atoms with van der Waals surface area (Å²) in [4.78, 5) is 11.7. The van der Waals surface area contributed by atoms with Gasteiger partial charge in [-0.15, -0.1) is 0 Å². The molecule has 0 amide bonds. The first kappa shape index (κ1) is 19.2. The lowest BCUT2D eigenvalue weighted by Gasteiger charge is -2.19. The average Bonchev–Trinajstić information content (AvgIpc) is 2.60. The predicted molar refractivity (Wildman–Crippen MR) is 92.2 cm³/mol. The van der Waals surface area contributed by atoms with Crippen molar-refractivity contribution in [2.45, 2.75) is 32.3 Å². The van der Waals surface area contributed by atoms with Crippen molar-refractivity contribution in [3.63, 3.8) is 0 Å². The van der Waals surface area contributed by atoms with E-state index in [2.05, 4.69) is 0 Å². The number of rotatable bonds is 7. The number of alkyl halides is 2. The van der Waals surface area contributed by atoms with Crippen LogP contribution < -0.4 is 4.74 Å². The molecule has 2 rings (SSSR count). The second kappa shape index (κ2) is 8.30. The first-order valence-corrected chi connectivity index (χ1v) is 8.34. The van der Waals surface area contributed by atoms with E-state index in [9.17, 15) is 13.6 Å². The van der Waals surface area contributed by atoms with E-state index in [4.69, 9.17) is 21.1 Å². The first-order chi connectivity index (χ1) is 11.9. The fraction of sp³-hybridized carbons (Fsp3) is 0.316. The molecule has 0 aliphatic rings. The highest BCUT2D eigenvalue weighted by Gasteiger charge is 2.34. The first-order valence-electron chi connectivity index (χ1n) is 7.96. The summed E-state index contributed by atoms with van der Waals surface area (Å²) in [5.41, 5.74) is -0.324. The Kier molecular flexibility index (Phi) is 6.37. The van der Waals surface area contributed by atoms with Gasteiger partial charge in [-0.25, -0.2) is 4.79 Å². The van der Waals surface area contributed by atoms with Gasteiger partial charge in [0, 0.05) is 16.1 Å². The molecule has 25 heavy (non-hydrogen) atoms. The molecule has 134 valence electrons. The van der Waals surface area contributed by atoms with E-state index in [1.807, 2.05) is 0 Å². The second-order valence-electron chi connectivity index (χ2n) is 5.37. The largest absolute Gasteiger partial charge is 0.479 e. The van der Waals surface area contributed by atoms with Crippen molar-refractivity contribution >= 4 is 17.6 Å². The summed E-state index contributed by atoms with van der Waals surface area (Å²) in [5, 5.41) is 0.396. The summed E-state index contributed by atoms with van der Waals surface area (Å²) in [6.07, 6.45) is -0.343. The van der Waals surface area contributed by atoms with Crippen LogP contribution in [0.4, 0.5) is 8.78 Å². The Bertz CT molecular complexity index is 700. The zero-order valence-corrected chi connectivity index (χ0v) is 14.7. The number of hydrogen-bond donors (Lipinski definition) is 0. The molecular formula is C19H19ClF2O3. The SMILES string of the molecule is CCOC(=O)C(CC)Oc1ccc(C(F)(F)c2ccc(Cl)cc2)cc1. The van der Waals surface area contributed by atoms with Crippen molar-refractivity contribution in [3.8, 4) is 5.75 Å². The minimum atomic E-state index is -3.16. The van der Waals surface area contributed by atoms with Gasteiger partial charge in [0.25, 0.3) is 5.92 Å². The van der Waals surface area contributed by atoms with Gasteiger partial charge in [0.1, 0.15) is 5.75 Å². The summed E-state index contributed by atoms with van der Waals surface area (Å²) >= 11 is 5.74. The molecule has 0 aliphatic carbocycles. The molecule has 0 heterocycles. The van der Waals surface area contributed by atoms with Crippen LogP contribution >= 0.6 is 11.6 Å². The summed E-state index contributed by atoms with van der Waals surface area (Å²) in [5.74, 6) is -3.30. The topological polar surface area (TPSA) is 35.5 Å². The fourth-order valence-electron chi connectivity index (χ4n) is 2.27. The lowest BCUT2D eigenvalue weighted by atomic mass is 10.0.